The quantitative estimate of drug-likeness (QED) is 0.288. The molecule has 0 radical (unpaired) electrons. The van der Waals surface area contributed by atoms with Gasteiger partial charge < -0.3 is 9.47 Å². The molecule has 0 spiro atoms. The summed E-state index contributed by atoms with van der Waals surface area (Å²) >= 11 is 12.2. The molecular formula is C23H14Cl2O4. The second-order valence-electron chi connectivity index (χ2n) is 6.45. The van der Waals surface area contributed by atoms with Gasteiger partial charge in [0.05, 0.1) is 21.2 Å². The number of aryl methyl sites for hydroxylation is 1. The highest BCUT2D eigenvalue weighted by Gasteiger charge is 2.28. The minimum atomic E-state index is -0.478. The van der Waals surface area contributed by atoms with Gasteiger partial charge in [-0.15, -0.1) is 0 Å². The van der Waals surface area contributed by atoms with Crippen molar-refractivity contribution in [3.8, 4) is 11.5 Å². The molecule has 1 heterocycles. The van der Waals surface area contributed by atoms with E-state index in [1.54, 1.807) is 42.5 Å². The smallest absolute Gasteiger partial charge is 0.343 e. The van der Waals surface area contributed by atoms with E-state index in [9.17, 15) is 9.59 Å². The van der Waals surface area contributed by atoms with Crippen LogP contribution >= 0.6 is 23.2 Å². The highest BCUT2D eigenvalue weighted by Crippen LogP contribution is 2.36. The van der Waals surface area contributed by atoms with Crippen molar-refractivity contribution in [1.82, 2.24) is 0 Å². The second kappa shape index (κ2) is 7.74. The molecule has 4 rings (SSSR count). The minimum Gasteiger partial charge on any atom is -0.452 e. The molecule has 0 aliphatic carbocycles. The lowest BCUT2D eigenvalue weighted by atomic mass is 10.1. The first kappa shape index (κ1) is 19.2. The number of hydrogen-bond acceptors (Lipinski definition) is 4. The van der Waals surface area contributed by atoms with Crippen molar-refractivity contribution in [2.24, 2.45) is 0 Å². The summed E-state index contributed by atoms with van der Waals surface area (Å²) in [6.07, 6.45) is 1.54. The van der Waals surface area contributed by atoms with Crippen LogP contribution < -0.4 is 9.47 Å². The van der Waals surface area contributed by atoms with Crippen molar-refractivity contribution in [2.45, 2.75) is 6.92 Å². The fourth-order valence-electron chi connectivity index (χ4n) is 2.97. The summed E-state index contributed by atoms with van der Waals surface area (Å²) in [5.74, 6) is -0.0467. The summed E-state index contributed by atoms with van der Waals surface area (Å²) in [5, 5.41) is 0.719. The number of halogens is 2. The number of carbonyl (C=O) groups excluding carboxylic acids is 2. The van der Waals surface area contributed by atoms with E-state index < -0.39 is 5.97 Å². The lowest BCUT2D eigenvalue weighted by Gasteiger charge is -2.07. The van der Waals surface area contributed by atoms with Gasteiger partial charge in [-0.2, -0.15) is 0 Å². The zero-order valence-corrected chi connectivity index (χ0v) is 16.8. The molecular weight excluding hydrogens is 411 g/mol. The third-order valence-electron chi connectivity index (χ3n) is 4.49. The molecule has 1 aliphatic rings. The SMILES string of the molecule is Cc1ccccc1C(=O)Oc1ccc2c(c1)O/C(=C\c1cccc(Cl)c1Cl)C2=O. The maximum Gasteiger partial charge on any atom is 0.343 e. The van der Waals surface area contributed by atoms with Gasteiger partial charge in [0.2, 0.25) is 5.78 Å². The van der Waals surface area contributed by atoms with E-state index in [0.29, 0.717) is 32.5 Å². The van der Waals surface area contributed by atoms with Crippen LogP contribution in [0.5, 0.6) is 11.5 Å². The Morgan fingerprint density at radius 3 is 2.62 bits per heavy atom. The summed E-state index contributed by atoms with van der Waals surface area (Å²) < 4.78 is 11.1. The number of Topliss-reactive ketones (excluding diaryl/α,β-unsaturated/α-hetero) is 1. The van der Waals surface area contributed by atoms with Crippen molar-refractivity contribution in [2.75, 3.05) is 0 Å². The highest BCUT2D eigenvalue weighted by molar-refractivity contribution is 6.43. The molecule has 29 heavy (non-hydrogen) atoms. The fraction of sp³-hybridized carbons (Fsp3) is 0.0435. The van der Waals surface area contributed by atoms with Gasteiger partial charge in [-0.25, -0.2) is 4.79 Å². The largest absolute Gasteiger partial charge is 0.452 e. The minimum absolute atomic E-state index is 0.117. The molecule has 4 nitrogen and oxygen atoms in total. The normalized spacial score (nSPS) is 13.9. The molecule has 1 aliphatic heterocycles. The standard InChI is InChI=1S/C23H14Cl2O4/c1-13-5-2-3-7-16(13)23(27)28-15-9-10-17-19(12-15)29-20(22(17)26)11-14-6-4-8-18(24)21(14)25/h2-12H,1H3/b20-11-. The number of allylic oxidation sites excluding steroid dienone is 1. The Morgan fingerprint density at radius 2 is 1.83 bits per heavy atom. The number of fused-ring (bicyclic) bond motifs is 1. The van der Waals surface area contributed by atoms with Crippen molar-refractivity contribution in [3.05, 3.63) is 98.7 Å². The molecule has 144 valence electrons. The van der Waals surface area contributed by atoms with Crippen LogP contribution in [0.25, 0.3) is 6.08 Å². The van der Waals surface area contributed by atoms with Crippen LogP contribution in [0, 0.1) is 6.92 Å². The average Bonchev–Trinajstić information content (AvgIpc) is 3.00. The van der Waals surface area contributed by atoms with Gasteiger partial charge in [0, 0.05) is 6.07 Å². The fourth-order valence-corrected chi connectivity index (χ4v) is 3.33. The van der Waals surface area contributed by atoms with E-state index >= 15 is 0 Å². The van der Waals surface area contributed by atoms with E-state index in [0.717, 1.165) is 5.56 Å². The lowest BCUT2D eigenvalue weighted by molar-refractivity contribution is 0.0733. The number of hydrogen-bond donors (Lipinski definition) is 0. The molecule has 0 saturated heterocycles. The van der Waals surface area contributed by atoms with Crippen LogP contribution in [0.15, 0.2) is 66.4 Å². The molecule has 0 aromatic heterocycles. The second-order valence-corrected chi connectivity index (χ2v) is 7.23. The van der Waals surface area contributed by atoms with Gasteiger partial charge in [0.1, 0.15) is 11.5 Å². The number of ketones is 1. The Kier molecular flexibility index (Phi) is 5.14. The lowest BCUT2D eigenvalue weighted by Crippen LogP contribution is -2.10. The number of benzene rings is 3. The van der Waals surface area contributed by atoms with Gasteiger partial charge >= 0.3 is 5.97 Å². The molecule has 0 fully saturated rings. The van der Waals surface area contributed by atoms with E-state index in [4.69, 9.17) is 32.7 Å². The first-order chi connectivity index (χ1) is 13.9. The van der Waals surface area contributed by atoms with Gasteiger partial charge in [0.15, 0.2) is 5.76 Å². The van der Waals surface area contributed by atoms with E-state index in [2.05, 4.69) is 0 Å². The molecule has 3 aromatic carbocycles. The molecule has 0 unspecified atom stereocenters. The Hall–Kier alpha value is -3.08. The molecule has 0 atom stereocenters. The Balaban J connectivity index is 1.59. The summed E-state index contributed by atoms with van der Waals surface area (Å²) in [6.45, 7) is 1.83. The number of rotatable bonds is 3. The molecule has 0 bridgehead atoms. The third kappa shape index (κ3) is 3.77. The average molecular weight is 425 g/mol. The van der Waals surface area contributed by atoms with Gasteiger partial charge in [-0.05, 0) is 48.4 Å². The first-order valence-electron chi connectivity index (χ1n) is 8.74. The van der Waals surface area contributed by atoms with Gasteiger partial charge in [-0.1, -0.05) is 53.5 Å². The van der Waals surface area contributed by atoms with Crippen LogP contribution in [-0.4, -0.2) is 11.8 Å². The summed E-state index contributed by atoms with van der Waals surface area (Å²) in [4.78, 5) is 25.0. The summed E-state index contributed by atoms with van der Waals surface area (Å²) in [6, 6.07) is 16.9. The van der Waals surface area contributed by atoms with Crippen LogP contribution in [0.3, 0.4) is 0 Å². The maximum absolute atomic E-state index is 12.6. The van der Waals surface area contributed by atoms with E-state index in [1.807, 2.05) is 19.1 Å². The Labute approximate surface area is 177 Å². The zero-order chi connectivity index (χ0) is 20.5. The Morgan fingerprint density at radius 1 is 1.03 bits per heavy atom. The maximum atomic E-state index is 12.6. The zero-order valence-electron chi connectivity index (χ0n) is 15.2. The van der Waals surface area contributed by atoms with Crippen LogP contribution in [0.2, 0.25) is 10.0 Å². The van der Waals surface area contributed by atoms with E-state index in [-0.39, 0.29) is 17.3 Å². The van der Waals surface area contributed by atoms with Crippen molar-refractivity contribution < 1.29 is 19.1 Å². The number of ether oxygens (including phenoxy) is 2. The van der Waals surface area contributed by atoms with Gasteiger partial charge in [0.25, 0.3) is 0 Å². The highest BCUT2D eigenvalue weighted by atomic mass is 35.5. The van der Waals surface area contributed by atoms with Crippen molar-refractivity contribution >= 4 is 41.0 Å². The topological polar surface area (TPSA) is 52.6 Å². The Bertz CT molecular complexity index is 1180. The number of carbonyl (C=O) groups is 2. The van der Waals surface area contributed by atoms with Crippen molar-refractivity contribution in [1.29, 1.82) is 0 Å². The first-order valence-corrected chi connectivity index (χ1v) is 9.50. The monoisotopic (exact) mass is 424 g/mol. The molecule has 6 heteroatoms. The van der Waals surface area contributed by atoms with Crippen LogP contribution in [0.4, 0.5) is 0 Å². The van der Waals surface area contributed by atoms with Crippen LogP contribution in [-0.2, 0) is 0 Å². The number of esters is 1. The molecule has 0 amide bonds. The molecule has 3 aromatic rings. The summed E-state index contributed by atoms with van der Waals surface area (Å²) in [5.41, 5.74) is 2.24. The predicted molar refractivity (Wildman–Crippen MR) is 112 cm³/mol. The van der Waals surface area contributed by atoms with E-state index in [1.165, 1.54) is 12.1 Å². The summed E-state index contributed by atoms with van der Waals surface area (Å²) in [7, 11) is 0. The van der Waals surface area contributed by atoms with Crippen LogP contribution in [0.1, 0.15) is 31.8 Å². The third-order valence-corrected chi connectivity index (χ3v) is 5.32. The van der Waals surface area contributed by atoms with Gasteiger partial charge in [-0.3, -0.25) is 4.79 Å². The molecule has 0 saturated carbocycles. The van der Waals surface area contributed by atoms with Crippen molar-refractivity contribution in [3.63, 3.8) is 0 Å². The predicted octanol–water partition coefficient (Wildman–Crippen LogP) is 6.14. The molecule has 0 N–H and O–H groups in total.